The van der Waals surface area contributed by atoms with Crippen molar-refractivity contribution in [2.45, 2.75) is 12.5 Å². The lowest BCUT2D eigenvalue weighted by Gasteiger charge is -2.15. The summed E-state index contributed by atoms with van der Waals surface area (Å²) in [6, 6.07) is -0.674. The van der Waals surface area contributed by atoms with E-state index < -0.39 is 12.0 Å². The minimum absolute atomic E-state index is 0.146. The maximum atomic E-state index is 10.6. The molecular weight excluding hydrogens is 160 g/mol. The number of hydrazone groups is 1. The SMILES string of the molecule is NC(N)=NN1C=CCC1C(=O)O. The Kier molecular flexibility index (Phi) is 2.18. The average Bonchev–Trinajstić information content (AvgIpc) is 2.33. The van der Waals surface area contributed by atoms with Gasteiger partial charge in [-0.05, 0) is 0 Å². The first-order chi connectivity index (χ1) is 5.61. The zero-order chi connectivity index (χ0) is 9.14. The molecule has 6 nitrogen and oxygen atoms in total. The van der Waals surface area contributed by atoms with Crippen LogP contribution in [-0.2, 0) is 4.79 Å². The number of guanidine groups is 1. The molecule has 0 aromatic carbocycles. The average molecular weight is 170 g/mol. The number of nitrogens with zero attached hydrogens (tertiary/aromatic N) is 2. The van der Waals surface area contributed by atoms with E-state index in [1.165, 1.54) is 5.01 Å². The summed E-state index contributed by atoms with van der Waals surface area (Å²) in [6.45, 7) is 0. The molecule has 0 saturated heterocycles. The number of carboxylic acid groups (broad SMARTS) is 1. The van der Waals surface area contributed by atoms with Crippen LogP contribution in [-0.4, -0.2) is 28.1 Å². The Balaban J connectivity index is 2.70. The van der Waals surface area contributed by atoms with Gasteiger partial charge in [-0.25, -0.2) is 4.79 Å². The molecule has 66 valence electrons. The Morgan fingerprint density at radius 1 is 1.67 bits per heavy atom. The minimum atomic E-state index is -0.940. The van der Waals surface area contributed by atoms with Gasteiger partial charge < -0.3 is 16.6 Å². The molecule has 5 N–H and O–H groups in total. The third-order valence-electron chi connectivity index (χ3n) is 1.45. The van der Waals surface area contributed by atoms with Gasteiger partial charge in [-0.15, -0.1) is 5.10 Å². The summed E-state index contributed by atoms with van der Waals surface area (Å²) in [6.07, 6.45) is 3.66. The molecule has 0 spiro atoms. The normalized spacial score (nSPS) is 21.0. The van der Waals surface area contributed by atoms with Gasteiger partial charge in [0.15, 0.2) is 6.04 Å². The number of nitrogens with two attached hydrogens (primary N) is 2. The van der Waals surface area contributed by atoms with E-state index in [-0.39, 0.29) is 5.96 Å². The summed E-state index contributed by atoms with van der Waals surface area (Å²) in [5.41, 5.74) is 10.2. The highest BCUT2D eigenvalue weighted by Crippen LogP contribution is 2.14. The van der Waals surface area contributed by atoms with Crippen molar-refractivity contribution in [3.05, 3.63) is 12.3 Å². The van der Waals surface area contributed by atoms with Crippen molar-refractivity contribution in [1.82, 2.24) is 5.01 Å². The second kappa shape index (κ2) is 3.12. The number of carbonyl (C=O) groups is 1. The Labute approximate surface area is 69.1 Å². The highest BCUT2D eigenvalue weighted by molar-refractivity contribution is 5.77. The lowest BCUT2D eigenvalue weighted by molar-refractivity contribution is -0.141. The van der Waals surface area contributed by atoms with Crippen LogP contribution in [0.3, 0.4) is 0 Å². The molecule has 1 heterocycles. The van der Waals surface area contributed by atoms with E-state index >= 15 is 0 Å². The fourth-order valence-corrected chi connectivity index (χ4v) is 0.960. The van der Waals surface area contributed by atoms with Crippen LogP contribution in [0.4, 0.5) is 0 Å². The first-order valence-corrected chi connectivity index (χ1v) is 3.38. The van der Waals surface area contributed by atoms with Crippen LogP contribution in [0.25, 0.3) is 0 Å². The highest BCUT2D eigenvalue weighted by atomic mass is 16.4. The van der Waals surface area contributed by atoms with Crippen molar-refractivity contribution >= 4 is 11.9 Å². The minimum Gasteiger partial charge on any atom is -0.480 e. The van der Waals surface area contributed by atoms with Gasteiger partial charge in [0.05, 0.1) is 0 Å². The van der Waals surface area contributed by atoms with Crippen LogP contribution in [0.2, 0.25) is 0 Å². The van der Waals surface area contributed by atoms with Crippen molar-refractivity contribution in [3.8, 4) is 0 Å². The quantitative estimate of drug-likeness (QED) is 0.358. The van der Waals surface area contributed by atoms with E-state index in [2.05, 4.69) is 5.10 Å². The van der Waals surface area contributed by atoms with Crippen molar-refractivity contribution in [1.29, 1.82) is 0 Å². The largest absolute Gasteiger partial charge is 0.480 e. The number of hydrogen-bond donors (Lipinski definition) is 3. The number of hydrogen-bond acceptors (Lipinski definition) is 3. The van der Waals surface area contributed by atoms with E-state index in [0.29, 0.717) is 6.42 Å². The molecule has 0 aliphatic carbocycles. The van der Waals surface area contributed by atoms with E-state index in [9.17, 15) is 4.79 Å². The molecule has 6 heteroatoms. The molecule has 0 fully saturated rings. The molecule has 0 saturated carbocycles. The van der Waals surface area contributed by atoms with Gasteiger partial charge in [0.2, 0.25) is 5.96 Å². The van der Waals surface area contributed by atoms with Crippen LogP contribution < -0.4 is 11.5 Å². The van der Waals surface area contributed by atoms with Gasteiger partial charge in [-0.1, -0.05) is 6.08 Å². The second-order valence-corrected chi connectivity index (χ2v) is 2.38. The lowest BCUT2D eigenvalue weighted by Crippen LogP contribution is -2.34. The molecule has 1 unspecified atom stereocenters. The van der Waals surface area contributed by atoms with Crippen molar-refractivity contribution in [2.75, 3.05) is 0 Å². The van der Waals surface area contributed by atoms with E-state index in [1.54, 1.807) is 12.3 Å². The molecule has 1 aliphatic heterocycles. The van der Waals surface area contributed by atoms with Gasteiger partial charge in [-0.3, -0.25) is 5.01 Å². The first-order valence-electron chi connectivity index (χ1n) is 3.38. The maximum absolute atomic E-state index is 10.6. The summed E-state index contributed by atoms with van der Waals surface area (Å²) in [5.74, 6) is -1.09. The van der Waals surface area contributed by atoms with Crippen molar-refractivity contribution in [2.24, 2.45) is 16.6 Å². The molecule has 1 aliphatic rings. The molecule has 0 aromatic heterocycles. The standard InChI is InChI=1S/C6H10N4O2/c7-6(8)9-10-3-1-2-4(10)5(11)12/h1,3-4H,2H2,(H,11,12)(H4,7,8,9). The molecule has 0 bridgehead atoms. The summed E-state index contributed by atoms with van der Waals surface area (Å²) < 4.78 is 0. The molecule has 1 atom stereocenters. The lowest BCUT2D eigenvalue weighted by atomic mass is 10.2. The van der Waals surface area contributed by atoms with Crippen LogP contribution in [0.15, 0.2) is 17.4 Å². The van der Waals surface area contributed by atoms with Crippen molar-refractivity contribution in [3.63, 3.8) is 0 Å². The Morgan fingerprint density at radius 2 is 2.33 bits per heavy atom. The van der Waals surface area contributed by atoms with Crippen molar-refractivity contribution < 1.29 is 9.90 Å². The summed E-state index contributed by atoms with van der Waals surface area (Å²) in [5, 5.41) is 13.5. The van der Waals surface area contributed by atoms with Crippen LogP contribution in [0.5, 0.6) is 0 Å². The number of carboxylic acids is 1. The second-order valence-electron chi connectivity index (χ2n) is 2.38. The zero-order valence-electron chi connectivity index (χ0n) is 6.34. The van der Waals surface area contributed by atoms with Gasteiger partial charge >= 0.3 is 5.97 Å². The third-order valence-corrected chi connectivity index (χ3v) is 1.45. The van der Waals surface area contributed by atoms with Gasteiger partial charge in [-0.2, -0.15) is 0 Å². The first kappa shape index (κ1) is 8.38. The molecule has 1 rings (SSSR count). The van der Waals surface area contributed by atoms with Gasteiger partial charge in [0, 0.05) is 12.6 Å². The predicted molar refractivity (Wildman–Crippen MR) is 42.8 cm³/mol. The third kappa shape index (κ3) is 1.66. The Bertz CT molecular complexity index is 244. The monoisotopic (exact) mass is 170 g/mol. The predicted octanol–water partition coefficient (Wildman–Crippen LogP) is -1.15. The Hall–Kier alpha value is -1.72. The van der Waals surface area contributed by atoms with E-state index in [4.69, 9.17) is 16.6 Å². The van der Waals surface area contributed by atoms with Crippen LogP contribution in [0, 0.1) is 0 Å². The van der Waals surface area contributed by atoms with Gasteiger partial charge in [0.1, 0.15) is 0 Å². The van der Waals surface area contributed by atoms with E-state index in [0.717, 1.165) is 0 Å². The molecular formula is C6H10N4O2. The summed E-state index contributed by atoms with van der Waals surface area (Å²) in [4.78, 5) is 10.6. The smallest absolute Gasteiger partial charge is 0.328 e. The fourth-order valence-electron chi connectivity index (χ4n) is 0.960. The molecule has 12 heavy (non-hydrogen) atoms. The maximum Gasteiger partial charge on any atom is 0.328 e. The fraction of sp³-hybridized carbons (Fsp3) is 0.333. The van der Waals surface area contributed by atoms with Crippen LogP contribution in [0.1, 0.15) is 6.42 Å². The summed E-state index contributed by atoms with van der Waals surface area (Å²) in [7, 11) is 0. The molecule has 0 radical (unpaired) electrons. The molecule has 0 amide bonds. The number of aliphatic carboxylic acids is 1. The molecule has 0 aromatic rings. The van der Waals surface area contributed by atoms with Crippen LogP contribution >= 0.6 is 0 Å². The highest BCUT2D eigenvalue weighted by Gasteiger charge is 2.25. The van der Waals surface area contributed by atoms with E-state index in [1.807, 2.05) is 0 Å². The topological polar surface area (TPSA) is 105 Å². The summed E-state index contributed by atoms with van der Waals surface area (Å²) >= 11 is 0. The zero-order valence-corrected chi connectivity index (χ0v) is 6.34. The van der Waals surface area contributed by atoms with Gasteiger partial charge in [0.25, 0.3) is 0 Å². The Morgan fingerprint density at radius 3 is 2.83 bits per heavy atom. The number of rotatable bonds is 2.